The Kier molecular flexibility index (Phi) is 5.43. The van der Waals surface area contributed by atoms with Crippen molar-refractivity contribution in [1.29, 1.82) is 5.26 Å². The highest BCUT2D eigenvalue weighted by atomic mass is 35.5. The number of amides is 1. The smallest absolute Gasteiger partial charge is 0.227 e. The molecule has 0 saturated carbocycles. The molecule has 1 aliphatic heterocycles. The van der Waals surface area contributed by atoms with E-state index in [9.17, 15) is 10.1 Å². The zero-order valence-electron chi connectivity index (χ0n) is 16.6. The molecule has 1 atom stereocenters. The fourth-order valence-corrected chi connectivity index (χ4v) is 4.43. The molecular formula is C24H21ClN4O. The Balaban J connectivity index is 1.64. The first-order valence-corrected chi connectivity index (χ1v) is 10.2. The highest BCUT2D eigenvalue weighted by Crippen LogP contribution is 2.36. The van der Waals surface area contributed by atoms with Gasteiger partial charge in [0.25, 0.3) is 0 Å². The van der Waals surface area contributed by atoms with Crippen LogP contribution < -0.4 is 5.73 Å². The third kappa shape index (κ3) is 3.62. The molecule has 0 spiro atoms. The van der Waals surface area contributed by atoms with Crippen LogP contribution in [0.3, 0.4) is 0 Å². The summed E-state index contributed by atoms with van der Waals surface area (Å²) in [4.78, 5) is 19.1. The van der Waals surface area contributed by atoms with Gasteiger partial charge in [0.15, 0.2) is 0 Å². The van der Waals surface area contributed by atoms with E-state index >= 15 is 0 Å². The number of pyridine rings is 1. The van der Waals surface area contributed by atoms with Gasteiger partial charge in [0.2, 0.25) is 5.91 Å². The number of fused-ring (bicyclic) bond motifs is 1. The van der Waals surface area contributed by atoms with Crippen molar-refractivity contribution in [3.63, 3.8) is 0 Å². The van der Waals surface area contributed by atoms with Crippen LogP contribution in [-0.2, 0) is 17.6 Å². The van der Waals surface area contributed by atoms with Crippen molar-refractivity contribution in [2.24, 2.45) is 0 Å². The normalized spacial score (nSPS) is 15.4. The number of hydrogen-bond donors (Lipinski definition) is 1. The third-order valence-corrected chi connectivity index (χ3v) is 6.07. The molecule has 3 aromatic rings. The van der Waals surface area contributed by atoms with Crippen LogP contribution in [0.1, 0.15) is 35.2 Å². The van der Waals surface area contributed by atoms with Crippen LogP contribution in [0.2, 0.25) is 5.02 Å². The third-order valence-electron chi connectivity index (χ3n) is 5.71. The van der Waals surface area contributed by atoms with Crippen molar-refractivity contribution in [2.45, 2.75) is 25.8 Å². The van der Waals surface area contributed by atoms with Gasteiger partial charge in [0, 0.05) is 17.8 Å². The molecule has 0 fully saturated rings. The van der Waals surface area contributed by atoms with Crippen molar-refractivity contribution in [3.8, 4) is 17.2 Å². The molecule has 2 aromatic carbocycles. The number of nitrogens with zero attached hydrogens (tertiary/aromatic N) is 3. The van der Waals surface area contributed by atoms with Gasteiger partial charge in [0.1, 0.15) is 5.82 Å². The molecule has 6 heteroatoms. The van der Waals surface area contributed by atoms with Gasteiger partial charge < -0.3 is 10.6 Å². The van der Waals surface area contributed by atoms with Crippen LogP contribution in [-0.4, -0.2) is 22.3 Å². The molecule has 0 bridgehead atoms. The summed E-state index contributed by atoms with van der Waals surface area (Å²) >= 11 is 6.27. The molecule has 5 nitrogen and oxygen atoms in total. The number of hydrogen-bond acceptors (Lipinski definition) is 4. The fraction of sp³-hybridized carbons (Fsp3) is 0.208. The van der Waals surface area contributed by atoms with Crippen LogP contribution in [0, 0.1) is 11.3 Å². The first kappa shape index (κ1) is 19.9. The van der Waals surface area contributed by atoms with Crippen molar-refractivity contribution in [3.05, 3.63) is 82.0 Å². The van der Waals surface area contributed by atoms with Crippen LogP contribution in [0.15, 0.2) is 54.7 Å². The summed E-state index contributed by atoms with van der Waals surface area (Å²) in [6, 6.07) is 17.2. The average molecular weight is 417 g/mol. The van der Waals surface area contributed by atoms with Crippen molar-refractivity contribution in [1.82, 2.24) is 9.88 Å². The van der Waals surface area contributed by atoms with E-state index in [1.165, 1.54) is 5.56 Å². The van der Waals surface area contributed by atoms with Crippen LogP contribution in [0.5, 0.6) is 0 Å². The second kappa shape index (κ2) is 8.17. The van der Waals surface area contributed by atoms with Gasteiger partial charge in [-0.2, -0.15) is 5.26 Å². The molecule has 0 unspecified atom stereocenters. The Morgan fingerprint density at radius 2 is 2.10 bits per heavy atom. The van der Waals surface area contributed by atoms with Gasteiger partial charge in [-0.1, -0.05) is 35.9 Å². The van der Waals surface area contributed by atoms with Crippen LogP contribution >= 0.6 is 11.6 Å². The van der Waals surface area contributed by atoms with Gasteiger partial charge in [0.05, 0.1) is 24.1 Å². The molecule has 1 amide bonds. The molecule has 4 rings (SSSR count). The molecule has 2 heterocycles. The van der Waals surface area contributed by atoms with Gasteiger partial charge in [-0.25, -0.2) is 4.98 Å². The maximum absolute atomic E-state index is 13.1. The summed E-state index contributed by atoms with van der Waals surface area (Å²) in [7, 11) is 0. The zero-order chi connectivity index (χ0) is 21.3. The predicted octanol–water partition coefficient (Wildman–Crippen LogP) is 4.54. The van der Waals surface area contributed by atoms with Crippen molar-refractivity contribution in [2.75, 3.05) is 12.3 Å². The van der Waals surface area contributed by atoms with Gasteiger partial charge in [-0.3, -0.25) is 4.79 Å². The van der Waals surface area contributed by atoms with E-state index < -0.39 is 0 Å². The zero-order valence-corrected chi connectivity index (χ0v) is 17.4. The number of nitriles is 1. The lowest BCUT2D eigenvalue weighted by Gasteiger charge is -2.36. The minimum Gasteiger partial charge on any atom is -0.384 e. The predicted molar refractivity (Wildman–Crippen MR) is 118 cm³/mol. The average Bonchev–Trinajstić information content (AvgIpc) is 2.75. The number of aromatic nitrogens is 1. The first-order valence-electron chi connectivity index (χ1n) is 9.80. The van der Waals surface area contributed by atoms with E-state index in [0.717, 1.165) is 23.1 Å². The van der Waals surface area contributed by atoms with E-state index in [4.69, 9.17) is 17.3 Å². The summed E-state index contributed by atoms with van der Waals surface area (Å²) in [5.41, 5.74) is 11.4. The monoisotopic (exact) mass is 416 g/mol. The van der Waals surface area contributed by atoms with E-state index in [2.05, 4.69) is 23.2 Å². The van der Waals surface area contributed by atoms with E-state index in [-0.39, 0.29) is 18.4 Å². The van der Waals surface area contributed by atoms with Gasteiger partial charge in [-0.15, -0.1) is 0 Å². The Hall–Kier alpha value is -3.36. The number of rotatable bonds is 3. The maximum Gasteiger partial charge on any atom is 0.227 e. The number of benzene rings is 2. The quantitative estimate of drug-likeness (QED) is 0.679. The molecule has 30 heavy (non-hydrogen) atoms. The lowest BCUT2D eigenvalue weighted by atomic mass is 9.87. The molecule has 2 N–H and O–H groups in total. The van der Waals surface area contributed by atoms with Gasteiger partial charge in [-0.05, 0) is 65.4 Å². The Labute approximate surface area is 180 Å². The van der Waals surface area contributed by atoms with Crippen molar-refractivity contribution < 1.29 is 4.79 Å². The van der Waals surface area contributed by atoms with Gasteiger partial charge >= 0.3 is 0 Å². The molecule has 0 radical (unpaired) electrons. The minimum atomic E-state index is -0.0755. The standard InChI is InChI=1S/C24H21ClN4O/c1-15-18-5-3-6-19(16-8-10-28-23(27)12-16)20(18)9-11-29(15)24(30)13-21-17(14-26)4-2-7-22(21)25/h2-8,10,12,15H,9,11,13H2,1H3,(H2,27,28)/t15-/m0/s1. The summed E-state index contributed by atoms with van der Waals surface area (Å²) in [5.74, 6) is 0.454. The maximum atomic E-state index is 13.1. The Bertz CT molecular complexity index is 1170. The minimum absolute atomic E-state index is 0.0312. The molecule has 1 aromatic heterocycles. The fourth-order valence-electron chi connectivity index (χ4n) is 4.19. The lowest BCUT2D eigenvalue weighted by molar-refractivity contribution is -0.133. The molecule has 0 saturated heterocycles. The molecule has 150 valence electrons. The molecule has 0 aliphatic carbocycles. The Morgan fingerprint density at radius 1 is 1.30 bits per heavy atom. The SMILES string of the molecule is C[C@H]1c2cccc(-c3ccnc(N)c3)c2CCN1C(=O)Cc1c(Cl)cccc1C#N. The summed E-state index contributed by atoms with van der Waals surface area (Å²) in [5, 5.41) is 9.81. The topological polar surface area (TPSA) is 83.0 Å². The van der Waals surface area contributed by atoms with Crippen molar-refractivity contribution >= 4 is 23.3 Å². The largest absolute Gasteiger partial charge is 0.384 e. The second-order valence-electron chi connectivity index (χ2n) is 7.41. The van der Waals surface area contributed by atoms with Crippen LogP contribution in [0.4, 0.5) is 5.82 Å². The molecular weight excluding hydrogens is 396 g/mol. The number of carbonyl (C=O) groups is 1. The molecule has 1 aliphatic rings. The summed E-state index contributed by atoms with van der Waals surface area (Å²) in [6.07, 6.45) is 2.57. The number of anilines is 1. The highest BCUT2D eigenvalue weighted by Gasteiger charge is 2.29. The Morgan fingerprint density at radius 3 is 2.87 bits per heavy atom. The number of halogens is 1. The van der Waals surface area contributed by atoms with E-state index in [0.29, 0.717) is 28.5 Å². The summed E-state index contributed by atoms with van der Waals surface area (Å²) < 4.78 is 0. The number of nitrogen functional groups attached to an aromatic ring is 1. The first-order chi connectivity index (χ1) is 14.5. The van der Waals surface area contributed by atoms with E-state index in [1.807, 2.05) is 30.0 Å². The summed E-state index contributed by atoms with van der Waals surface area (Å²) in [6.45, 7) is 2.65. The number of nitrogens with two attached hydrogens (primary N) is 1. The number of carbonyl (C=O) groups excluding carboxylic acids is 1. The van der Waals surface area contributed by atoms with Crippen LogP contribution in [0.25, 0.3) is 11.1 Å². The van der Waals surface area contributed by atoms with E-state index in [1.54, 1.807) is 24.4 Å². The highest BCUT2D eigenvalue weighted by molar-refractivity contribution is 6.31. The second-order valence-corrected chi connectivity index (χ2v) is 7.82. The lowest BCUT2D eigenvalue weighted by Crippen LogP contribution is -2.40.